The molecule has 6 nitrogen and oxygen atoms in total. The number of nitrogens with zero attached hydrogens (tertiary/aromatic N) is 2. The number of methoxy groups -OCH3 is 1. The molecule has 0 saturated heterocycles. The second-order valence-corrected chi connectivity index (χ2v) is 12.5. The SMILES string of the molecule is COc1ccc([C@H]2/C=C\CN(S(=O)(=O)c3cccs3)[C@@H](Cc3ccccc3)C(=O)N2Cc2ccc(F)cc2)cc1. The monoisotopic (exact) mass is 576 g/mol. The van der Waals surface area contributed by atoms with Crippen LogP contribution >= 0.6 is 11.3 Å². The molecular formula is C31H29FN2O4S2. The van der Waals surface area contributed by atoms with Gasteiger partial charge >= 0.3 is 0 Å². The summed E-state index contributed by atoms with van der Waals surface area (Å²) in [6.07, 6.45) is 3.87. The molecule has 0 aliphatic carbocycles. The Kier molecular flexibility index (Phi) is 8.44. The predicted octanol–water partition coefficient (Wildman–Crippen LogP) is 5.84. The first-order valence-corrected chi connectivity index (χ1v) is 15.1. The zero-order chi connectivity index (χ0) is 28.1. The lowest BCUT2D eigenvalue weighted by molar-refractivity contribution is -0.137. The van der Waals surface area contributed by atoms with Crippen molar-refractivity contribution < 1.29 is 22.3 Å². The number of amides is 1. The fraction of sp³-hybridized carbons (Fsp3) is 0.194. The molecular weight excluding hydrogens is 547 g/mol. The Bertz CT molecular complexity index is 1560. The zero-order valence-electron chi connectivity index (χ0n) is 21.9. The molecule has 9 heteroatoms. The molecule has 0 radical (unpaired) electrons. The minimum atomic E-state index is -3.97. The van der Waals surface area contributed by atoms with Gasteiger partial charge in [0.1, 0.15) is 21.8 Å². The highest BCUT2D eigenvalue weighted by molar-refractivity contribution is 7.91. The maximum atomic E-state index is 14.6. The lowest BCUT2D eigenvalue weighted by Crippen LogP contribution is -2.53. The highest BCUT2D eigenvalue weighted by Gasteiger charge is 2.40. The third kappa shape index (κ3) is 6.01. The summed E-state index contributed by atoms with van der Waals surface area (Å²) in [5.74, 6) is -0.0202. The first-order valence-electron chi connectivity index (χ1n) is 12.8. The van der Waals surface area contributed by atoms with Gasteiger partial charge in [0.15, 0.2) is 0 Å². The number of carbonyl (C=O) groups excluding carboxylic acids is 1. The Hall–Kier alpha value is -3.79. The summed E-state index contributed by atoms with van der Waals surface area (Å²) >= 11 is 1.12. The number of benzene rings is 3. The van der Waals surface area contributed by atoms with Crippen molar-refractivity contribution >= 4 is 27.3 Å². The molecule has 1 aliphatic heterocycles. The van der Waals surface area contributed by atoms with Crippen LogP contribution in [0.25, 0.3) is 0 Å². The van der Waals surface area contributed by atoms with Crippen LogP contribution in [0.1, 0.15) is 22.7 Å². The number of sulfonamides is 1. The quantitative estimate of drug-likeness (QED) is 0.247. The van der Waals surface area contributed by atoms with Crippen molar-refractivity contribution in [3.63, 3.8) is 0 Å². The molecule has 3 aromatic carbocycles. The van der Waals surface area contributed by atoms with Crippen LogP contribution in [0.2, 0.25) is 0 Å². The Balaban J connectivity index is 1.62. The number of ether oxygens (including phenoxy) is 1. The van der Waals surface area contributed by atoms with E-state index in [0.29, 0.717) is 5.75 Å². The van der Waals surface area contributed by atoms with Crippen molar-refractivity contribution in [2.24, 2.45) is 0 Å². The maximum absolute atomic E-state index is 14.6. The van der Waals surface area contributed by atoms with E-state index < -0.39 is 22.1 Å². The number of carbonyl (C=O) groups is 1. The van der Waals surface area contributed by atoms with E-state index in [1.807, 2.05) is 66.7 Å². The number of rotatable bonds is 8. The van der Waals surface area contributed by atoms with Gasteiger partial charge in [-0.1, -0.05) is 72.8 Å². The van der Waals surface area contributed by atoms with E-state index in [-0.39, 0.29) is 35.4 Å². The van der Waals surface area contributed by atoms with Gasteiger partial charge in [-0.15, -0.1) is 11.3 Å². The molecule has 0 unspecified atom stereocenters. The molecule has 0 fully saturated rings. The van der Waals surface area contributed by atoms with Crippen LogP contribution in [-0.2, 0) is 27.8 Å². The average molecular weight is 577 g/mol. The van der Waals surface area contributed by atoms with Crippen LogP contribution < -0.4 is 4.74 Å². The fourth-order valence-corrected chi connectivity index (χ4v) is 7.50. The molecule has 5 rings (SSSR count). The number of hydrogen-bond donors (Lipinski definition) is 0. The smallest absolute Gasteiger partial charge is 0.253 e. The predicted molar refractivity (Wildman–Crippen MR) is 154 cm³/mol. The van der Waals surface area contributed by atoms with Gasteiger partial charge in [0.2, 0.25) is 5.91 Å². The van der Waals surface area contributed by atoms with Gasteiger partial charge in [-0.05, 0) is 58.8 Å². The summed E-state index contributed by atoms with van der Waals surface area (Å²) in [5.41, 5.74) is 2.42. The number of thiophene rings is 1. The number of hydrogen-bond acceptors (Lipinski definition) is 5. The van der Waals surface area contributed by atoms with Crippen molar-refractivity contribution in [2.75, 3.05) is 13.7 Å². The first-order chi connectivity index (χ1) is 19.4. The maximum Gasteiger partial charge on any atom is 0.253 e. The van der Waals surface area contributed by atoms with E-state index in [9.17, 15) is 17.6 Å². The van der Waals surface area contributed by atoms with Crippen molar-refractivity contribution in [3.8, 4) is 5.75 Å². The summed E-state index contributed by atoms with van der Waals surface area (Å²) in [5, 5.41) is 1.71. The van der Waals surface area contributed by atoms with Crippen LogP contribution in [0, 0.1) is 5.82 Å². The fourth-order valence-electron chi connectivity index (χ4n) is 4.85. The summed E-state index contributed by atoms with van der Waals surface area (Å²) in [7, 11) is -2.38. The molecule has 4 aromatic rings. The van der Waals surface area contributed by atoms with Crippen molar-refractivity contribution in [2.45, 2.75) is 29.3 Å². The second kappa shape index (κ2) is 12.2. The Morgan fingerprint density at radius 1 is 0.925 bits per heavy atom. The van der Waals surface area contributed by atoms with Crippen molar-refractivity contribution in [1.82, 2.24) is 9.21 Å². The van der Waals surface area contributed by atoms with E-state index in [1.54, 1.807) is 41.7 Å². The van der Waals surface area contributed by atoms with Gasteiger partial charge in [-0.25, -0.2) is 12.8 Å². The number of halogens is 1. The highest BCUT2D eigenvalue weighted by Crippen LogP contribution is 2.32. The van der Waals surface area contributed by atoms with Gasteiger partial charge in [0.25, 0.3) is 10.0 Å². The summed E-state index contributed by atoms with van der Waals surface area (Å²) in [6, 6.07) is 24.6. The van der Waals surface area contributed by atoms with Crippen LogP contribution in [-0.4, -0.2) is 43.2 Å². The topological polar surface area (TPSA) is 66.9 Å². The molecule has 0 bridgehead atoms. The molecule has 0 N–H and O–H groups in total. The van der Waals surface area contributed by atoms with Gasteiger partial charge in [0.05, 0.1) is 13.2 Å². The van der Waals surface area contributed by atoms with Crippen LogP contribution in [0.15, 0.2) is 113 Å². The van der Waals surface area contributed by atoms with E-state index >= 15 is 0 Å². The summed E-state index contributed by atoms with van der Waals surface area (Å²) < 4.78 is 48.2. The molecule has 2 atom stereocenters. The molecule has 40 heavy (non-hydrogen) atoms. The third-order valence-corrected chi connectivity index (χ3v) is 10.2. The van der Waals surface area contributed by atoms with Gasteiger partial charge in [0, 0.05) is 13.1 Å². The molecule has 1 aromatic heterocycles. The van der Waals surface area contributed by atoms with Crippen molar-refractivity contribution in [3.05, 3.63) is 131 Å². The minimum Gasteiger partial charge on any atom is -0.497 e. The Labute approximate surface area is 238 Å². The van der Waals surface area contributed by atoms with Gasteiger partial charge < -0.3 is 9.64 Å². The molecule has 0 spiro atoms. The standard InChI is InChI=1S/C31H29FN2O4S2/c1-38-27-17-13-25(14-18-27)28-9-5-19-34(40(36,37)30-10-6-20-39-30)29(21-23-7-3-2-4-8-23)31(35)33(28)22-24-11-15-26(32)16-12-24/h2-18,20,28-29H,19,21-22H2,1H3/b9-5-/t28-,29+/m1/s1. The largest absolute Gasteiger partial charge is 0.497 e. The molecule has 2 heterocycles. The molecule has 206 valence electrons. The first kappa shape index (κ1) is 27.8. The van der Waals surface area contributed by atoms with E-state index in [0.717, 1.165) is 28.0 Å². The Morgan fingerprint density at radius 2 is 1.65 bits per heavy atom. The van der Waals surface area contributed by atoms with Crippen LogP contribution in [0.5, 0.6) is 5.75 Å². The highest BCUT2D eigenvalue weighted by atomic mass is 32.2. The normalized spacial score (nSPS) is 19.1. The van der Waals surface area contributed by atoms with E-state index in [1.165, 1.54) is 16.4 Å². The lowest BCUT2D eigenvalue weighted by Gasteiger charge is -2.39. The lowest BCUT2D eigenvalue weighted by atomic mass is 9.98. The van der Waals surface area contributed by atoms with E-state index in [4.69, 9.17) is 4.74 Å². The minimum absolute atomic E-state index is 0.0422. The third-order valence-electron chi connectivity index (χ3n) is 6.91. The molecule has 0 saturated carbocycles. The van der Waals surface area contributed by atoms with Gasteiger partial charge in [-0.2, -0.15) is 4.31 Å². The van der Waals surface area contributed by atoms with E-state index in [2.05, 4.69) is 0 Å². The summed E-state index contributed by atoms with van der Waals surface area (Å²) in [6.45, 7) is 0.207. The molecule has 1 aliphatic rings. The summed E-state index contributed by atoms with van der Waals surface area (Å²) in [4.78, 5) is 16.3. The average Bonchev–Trinajstić information content (AvgIpc) is 3.53. The van der Waals surface area contributed by atoms with Crippen LogP contribution in [0.4, 0.5) is 4.39 Å². The van der Waals surface area contributed by atoms with Gasteiger partial charge in [-0.3, -0.25) is 4.79 Å². The Morgan fingerprint density at radius 3 is 2.30 bits per heavy atom. The van der Waals surface area contributed by atoms with Crippen molar-refractivity contribution in [1.29, 1.82) is 0 Å². The second-order valence-electron chi connectivity index (χ2n) is 9.45. The van der Waals surface area contributed by atoms with Crippen LogP contribution in [0.3, 0.4) is 0 Å². The zero-order valence-corrected chi connectivity index (χ0v) is 23.5. The molecule has 1 amide bonds.